The number of ether oxygens (including phenoxy) is 1. The number of nitrogens with zero attached hydrogens (tertiary/aromatic N) is 3. The van der Waals surface area contributed by atoms with Gasteiger partial charge >= 0.3 is 5.97 Å². The van der Waals surface area contributed by atoms with Crippen LogP contribution in [-0.4, -0.2) is 64.8 Å². The number of sulfonamides is 1. The molecule has 36 heavy (non-hydrogen) atoms. The first-order valence-corrected chi connectivity index (χ1v) is 13.9. The van der Waals surface area contributed by atoms with Crippen molar-refractivity contribution in [3.63, 3.8) is 0 Å². The number of hydrogen-bond acceptors (Lipinski definition) is 7. The molecule has 0 aliphatic carbocycles. The van der Waals surface area contributed by atoms with Gasteiger partial charge in [0.25, 0.3) is 0 Å². The molecular formula is C25H46ClN5O4S. The number of esters is 1. The molecule has 3 N–H and O–H groups in total. The topological polar surface area (TPSA) is 127 Å². The number of carbonyl (C=O) groups excluding carboxylic acids is 1. The van der Waals surface area contributed by atoms with Gasteiger partial charge < -0.3 is 15.8 Å². The van der Waals surface area contributed by atoms with Crippen molar-refractivity contribution in [2.75, 3.05) is 34.8 Å². The van der Waals surface area contributed by atoms with Gasteiger partial charge in [0, 0.05) is 37.5 Å². The number of hydrogen-bond donors (Lipinski definition) is 2. The fourth-order valence-corrected chi connectivity index (χ4v) is 3.41. The highest BCUT2D eigenvalue weighted by Crippen LogP contribution is 2.31. The van der Waals surface area contributed by atoms with Crippen LogP contribution in [0, 0.1) is 0 Å². The standard InChI is InChI=1S/C12H13ClN4O2S.C7H14O2.C2H7N.2C2H6/c1-17(2)20(18,19)8-3-4-9-10(5-8)12(16-7-14)15-6-11(9)13;1-3-5-6-7(8)9-4-2;1-3-2;2*1-2/h3-7H,1-2H3,(H2,14,15,16);3-6H2,1-2H3;3H,1-2H3;2*1-2H3. The summed E-state index contributed by atoms with van der Waals surface area (Å²) in [5.41, 5.74) is 5.27. The lowest BCUT2D eigenvalue weighted by Gasteiger charge is -2.12. The molecule has 0 aliphatic heterocycles. The summed E-state index contributed by atoms with van der Waals surface area (Å²) in [6, 6.07) is 4.62. The number of unbranched alkanes of at least 4 members (excludes halogenated alkanes) is 1. The Morgan fingerprint density at radius 1 is 1.17 bits per heavy atom. The largest absolute Gasteiger partial charge is 0.466 e. The molecule has 0 aliphatic rings. The summed E-state index contributed by atoms with van der Waals surface area (Å²) < 4.78 is 30.1. The Balaban J connectivity index is -0.000000570. The Labute approximate surface area is 223 Å². The Bertz CT molecular complexity index is 984. The molecular weight excluding hydrogens is 502 g/mol. The van der Waals surface area contributed by atoms with Crippen LogP contribution in [0.1, 0.15) is 60.8 Å². The van der Waals surface area contributed by atoms with Gasteiger partial charge in [-0.2, -0.15) is 0 Å². The van der Waals surface area contributed by atoms with Crippen molar-refractivity contribution in [3.8, 4) is 0 Å². The minimum absolute atomic E-state index is 0.0700. The van der Waals surface area contributed by atoms with Crippen molar-refractivity contribution in [3.05, 3.63) is 29.4 Å². The minimum atomic E-state index is -3.53. The van der Waals surface area contributed by atoms with Crippen molar-refractivity contribution >= 4 is 50.5 Å². The molecule has 208 valence electrons. The molecule has 1 aromatic heterocycles. The third kappa shape index (κ3) is 14.3. The van der Waals surface area contributed by atoms with E-state index in [1.807, 2.05) is 48.7 Å². The second kappa shape index (κ2) is 23.1. The molecule has 0 spiro atoms. The maximum atomic E-state index is 12.1. The third-order valence-electron chi connectivity index (χ3n) is 3.80. The number of fused-ring (bicyclic) bond motifs is 1. The smallest absolute Gasteiger partial charge is 0.305 e. The van der Waals surface area contributed by atoms with Crippen LogP contribution in [0.2, 0.25) is 5.02 Å². The molecule has 0 atom stereocenters. The summed E-state index contributed by atoms with van der Waals surface area (Å²) in [5, 5.41) is 4.37. The first-order chi connectivity index (χ1) is 17.1. The molecule has 9 nitrogen and oxygen atoms in total. The van der Waals surface area contributed by atoms with E-state index < -0.39 is 10.0 Å². The van der Waals surface area contributed by atoms with E-state index in [4.69, 9.17) is 22.1 Å². The van der Waals surface area contributed by atoms with Crippen molar-refractivity contribution < 1.29 is 17.9 Å². The Hall–Kier alpha value is -2.27. The normalized spacial score (nSPS) is 10.1. The van der Waals surface area contributed by atoms with Gasteiger partial charge in [-0.05, 0) is 39.6 Å². The first-order valence-electron chi connectivity index (χ1n) is 12.1. The Morgan fingerprint density at radius 3 is 2.17 bits per heavy atom. The fraction of sp³-hybridized carbons (Fsp3) is 0.560. The van der Waals surface area contributed by atoms with Gasteiger partial charge in [-0.1, -0.05) is 58.7 Å². The lowest BCUT2D eigenvalue weighted by Crippen LogP contribution is -2.22. The zero-order valence-corrected chi connectivity index (χ0v) is 25.1. The van der Waals surface area contributed by atoms with E-state index in [-0.39, 0.29) is 10.9 Å². The summed E-state index contributed by atoms with van der Waals surface area (Å²) in [6.45, 7) is 12.4. The van der Waals surface area contributed by atoms with E-state index in [0.717, 1.165) is 23.5 Å². The SMILES string of the molecule is CC.CC.CCCCC(=O)OCC.CN(C)S(=O)(=O)c1ccc2c(Cl)cnc(N=CN)c2c1.CNC. The average molecular weight is 548 g/mol. The zero-order valence-electron chi connectivity index (χ0n) is 23.6. The van der Waals surface area contributed by atoms with Crippen LogP contribution in [0.3, 0.4) is 0 Å². The van der Waals surface area contributed by atoms with Gasteiger partial charge in [0.2, 0.25) is 10.0 Å². The molecule has 0 radical (unpaired) electrons. The molecule has 0 bridgehead atoms. The number of aromatic nitrogens is 1. The van der Waals surface area contributed by atoms with Gasteiger partial charge in [0.05, 0.1) is 22.9 Å². The number of nitrogens with two attached hydrogens (primary N) is 1. The van der Waals surface area contributed by atoms with Crippen LogP contribution in [0.5, 0.6) is 0 Å². The molecule has 1 aromatic carbocycles. The number of benzene rings is 1. The van der Waals surface area contributed by atoms with E-state index in [2.05, 4.69) is 22.2 Å². The third-order valence-corrected chi connectivity index (χ3v) is 5.92. The molecule has 1 heterocycles. The van der Waals surface area contributed by atoms with E-state index in [9.17, 15) is 13.2 Å². The van der Waals surface area contributed by atoms with Crippen LogP contribution in [0.4, 0.5) is 5.82 Å². The maximum absolute atomic E-state index is 12.1. The fourth-order valence-electron chi connectivity index (χ4n) is 2.27. The van der Waals surface area contributed by atoms with Crippen LogP contribution in [0.25, 0.3) is 10.8 Å². The predicted molar refractivity (Wildman–Crippen MR) is 154 cm³/mol. The quantitative estimate of drug-likeness (QED) is 0.270. The van der Waals surface area contributed by atoms with Crippen LogP contribution < -0.4 is 11.1 Å². The number of nitrogens with one attached hydrogen (secondary N) is 1. The van der Waals surface area contributed by atoms with Gasteiger partial charge in [0.1, 0.15) is 0 Å². The van der Waals surface area contributed by atoms with E-state index in [1.165, 1.54) is 32.4 Å². The number of carbonyl (C=O) groups is 1. The summed E-state index contributed by atoms with van der Waals surface area (Å²) >= 11 is 6.05. The Kier molecular flexibility index (Phi) is 24.6. The zero-order chi connectivity index (χ0) is 28.7. The molecule has 0 amide bonds. The molecule has 11 heteroatoms. The molecule has 0 unspecified atom stereocenters. The summed E-state index contributed by atoms with van der Waals surface area (Å²) in [7, 11) is 3.15. The van der Waals surface area contributed by atoms with Crippen molar-refractivity contribution in [2.45, 2.75) is 65.7 Å². The second-order valence-electron chi connectivity index (χ2n) is 6.61. The monoisotopic (exact) mass is 547 g/mol. The van der Waals surface area contributed by atoms with E-state index in [1.54, 1.807) is 6.07 Å². The van der Waals surface area contributed by atoms with Gasteiger partial charge in [0.15, 0.2) is 5.82 Å². The summed E-state index contributed by atoms with van der Waals surface area (Å²) in [5.74, 6) is 0.252. The number of aliphatic imine (C=N–C) groups is 1. The van der Waals surface area contributed by atoms with Gasteiger partial charge in [-0.3, -0.25) is 4.79 Å². The highest BCUT2D eigenvalue weighted by atomic mass is 35.5. The molecule has 0 fully saturated rings. The van der Waals surface area contributed by atoms with Crippen LogP contribution in [-0.2, 0) is 19.6 Å². The van der Waals surface area contributed by atoms with Crippen molar-refractivity contribution in [1.82, 2.24) is 14.6 Å². The Morgan fingerprint density at radius 2 is 1.72 bits per heavy atom. The van der Waals surface area contributed by atoms with Gasteiger partial charge in [-0.25, -0.2) is 22.7 Å². The average Bonchev–Trinajstić information content (AvgIpc) is 2.88. The molecule has 2 aromatic rings. The number of rotatable bonds is 7. The van der Waals surface area contributed by atoms with E-state index in [0.29, 0.717) is 34.6 Å². The van der Waals surface area contributed by atoms with E-state index >= 15 is 0 Å². The predicted octanol–water partition coefficient (Wildman–Crippen LogP) is 5.38. The maximum Gasteiger partial charge on any atom is 0.305 e. The number of pyridine rings is 1. The molecule has 0 saturated heterocycles. The minimum Gasteiger partial charge on any atom is -0.466 e. The van der Waals surface area contributed by atoms with Crippen molar-refractivity contribution in [1.29, 1.82) is 0 Å². The highest BCUT2D eigenvalue weighted by molar-refractivity contribution is 7.89. The summed E-state index contributed by atoms with van der Waals surface area (Å²) in [4.78, 5) is 18.7. The first kappa shape index (κ1) is 38.3. The number of halogens is 1. The van der Waals surface area contributed by atoms with Crippen LogP contribution >= 0.6 is 11.6 Å². The van der Waals surface area contributed by atoms with Gasteiger partial charge in [-0.15, -0.1) is 0 Å². The second-order valence-corrected chi connectivity index (χ2v) is 9.17. The molecule has 2 rings (SSSR count). The summed E-state index contributed by atoms with van der Waals surface area (Å²) in [6.07, 6.45) is 5.12. The lowest BCUT2D eigenvalue weighted by molar-refractivity contribution is -0.143. The van der Waals surface area contributed by atoms with Crippen LogP contribution in [0.15, 0.2) is 34.3 Å². The molecule has 0 saturated carbocycles. The van der Waals surface area contributed by atoms with Crippen molar-refractivity contribution in [2.24, 2.45) is 10.7 Å². The highest BCUT2D eigenvalue weighted by Gasteiger charge is 2.18. The lowest BCUT2D eigenvalue weighted by atomic mass is 10.1.